The molecule has 0 spiro atoms. The molecule has 0 radical (unpaired) electrons. The summed E-state index contributed by atoms with van der Waals surface area (Å²) in [5.41, 5.74) is 15.1. The number of hydrogen-bond donors (Lipinski definition) is 6. The highest BCUT2D eigenvalue weighted by molar-refractivity contribution is 5.68. The van der Waals surface area contributed by atoms with Crippen molar-refractivity contribution in [3.05, 3.63) is 0 Å². The maximum atomic E-state index is 9.24. The van der Waals surface area contributed by atoms with Gasteiger partial charge in [-0.3, -0.25) is 4.79 Å². The van der Waals surface area contributed by atoms with Crippen LogP contribution in [0.25, 0.3) is 0 Å². The van der Waals surface area contributed by atoms with E-state index in [1.807, 2.05) is 0 Å². The summed E-state index contributed by atoms with van der Waals surface area (Å²) in [5, 5.41) is 13.9. The van der Waals surface area contributed by atoms with Crippen LogP contribution in [-0.4, -0.2) is 56.9 Å². The molecule has 9 N–H and O–H groups in total. The van der Waals surface area contributed by atoms with Crippen molar-refractivity contribution >= 4 is 5.97 Å². The van der Waals surface area contributed by atoms with Crippen LogP contribution >= 0.6 is 0 Å². The maximum absolute atomic E-state index is 9.24. The zero-order valence-corrected chi connectivity index (χ0v) is 9.04. The van der Waals surface area contributed by atoms with E-state index in [4.69, 9.17) is 16.6 Å². The molecule has 15 heavy (non-hydrogen) atoms. The minimum absolute atomic E-state index is 0.278. The van der Waals surface area contributed by atoms with Gasteiger partial charge in [0, 0.05) is 39.3 Å². The number of aliphatic carboxylic acids is 1. The molecule has 0 rings (SSSR count). The lowest BCUT2D eigenvalue weighted by atomic mass is 10.5. The van der Waals surface area contributed by atoms with Crippen molar-refractivity contribution < 1.29 is 9.90 Å². The molecule has 0 aromatic heterocycles. The Kier molecular flexibility index (Phi) is 17.5. The molecule has 7 heteroatoms. The smallest absolute Gasteiger partial charge is 0.317 e. The number of nitrogens with one attached hydrogen (secondary N) is 2. The first-order valence-electron chi connectivity index (χ1n) is 4.92. The summed E-state index contributed by atoms with van der Waals surface area (Å²) in [5.74, 6) is -0.968. The number of carboxylic acids is 1. The molecule has 0 amide bonds. The highest BCUT2D eigenvalue weighted by atomic mass is 16.4. The number of hydrogen-bond acceptors (Lipinski definition) is 6. The van der Waals surface area contributed by atoms with Gasteiger partial charge in [0.05, 0.1) is 6.54 Å². The Balaban J connectivity index is 0. The van der Waals surface area contributed by atoms with Crippen molar-refractivity contribution in [3.63, 3.8) is 0 Å². The molecule has 0 aliphatic carbocycles. The lowest BCUT2D eigenvalue weighted by Gasteiger charge is -2.03. The number of nitrogens with two attached hydrogens (primary N) is 3. The van der Waals surface area contributed by atoms with Gasteiger partial charge in [-0.05, 0) is 0 Å². The van der Waals surface area contributed by atoms with Crippen molar-refractivity contribution in [3.8, 4) is 0 Å². The van der Waals surface area contributed by atoms with E-state index >= 15 is 0 Å². The minimum Gasteiger partial charge on any atom is -0.480 e. The first kappa shape index (κ1) is 16.7. The molecule has 0 saturated carbocycles. The predicted octanol–water partition coefficient (Wildman–Crippen LogP) is -2.89. The summed E-state index contributed by atoms with van der Waals surface area (Å²) in [6, 6.07) is 0. The minimum atomic E-state index is -0.968. The molecule has 0 aliphatic heterocycles. The van der Waals surface area contributed by atoms with E-state index in [9.17, 15) is 4.79 Å². The predicted molar refractivity (Wildman–Crippen MR) is 60.5 cm³/mol. The number of carboxylic acid groups (broad SMARTS) is 1. The van der Waals surface area contributed by atoms with Gasteiger partial charge in [-0.15, -0.1) is 0 Å². The Morgan fingerprint density at radius 2 is 1.27 bits per heavy atom. The topological polar surface area (TPSA) is 139 Å². The third-order valence-electron chi connectivity index (χ3n) is 1.30. The summed E-state index contributed by atoms with van der Waals surface area (Å²) in [4.78, 5) is 9.24. The van der Waals surface area contributed by atoms with Gasteiger partial charge in [0.25, 0.3) is 0 Å². The first-order chi connectivity index (χ1) is 7.18. The fourth-order valence-corrected chi connectivity index (χ4v) is 0.631. The summed E-state index contributed by atoms with van der Waals surface area (Å²) in [6.45, 7) is 4.86. The summed E-state index contributed by atoms with van der Waals surface area (Å²) >= 11 is 0. The van der Waals surface area contributed by atoms with Gasteiger partial charge in [-0.1, -0.05) is 0 Å². The Morgan fingerprint density at radius 1 is 0.933 bits per heavy atom. The molecule has 0 saturated heterocycles. The van der Waals surface area contributed by atoms with E-state index in [1.165, 1.54) is 0 Å². The lowest BCUT2D eigenvalue weighted by molar-refractivity contribution is -0.135. The Labute approximate surface area is 90.4 Å². The molecular weight excluding hydrogens is 198 g/mol. The van der Waals surface area contributed by atoms with Gasteiger partial charge in [-0.25, -0.2) is 0 Å². The molecule has 0 aromatic rings. The van der Waals surface area contributed by atoms with Crippen LogP contribution in [0.4, 0.5) is 0 Å². The molecule has 92 valence electrons. The van der Waals surface area contributed by atoms with Crippen LogP contribution < -0.4 is 27.8 Å². The van der Waals surface area contributed by atoms with E-state index in [0.717, 1.165) is 26.2 Å². The van der Waals surface area contributed by atoms with Crippen LogP contribution in [0.5, 0.6) is 0 Å². The molecule has 7 nitrogen and oxygen atoms in total. The second kappa shape index (κ2) is 15.7. The Hall–Kier alpha value is -0.730. The van der Waals surface area contributed by atoms with Crippen LogP contribution in [0, 0.1) is 0 Å². The monoisotopic (exact) mass is 221 g/mol. The van der Waals surface area contributed by atoms with Crippen molar-refractivity contribution in [1.29, 1.82) is 0 Å². The molecular formula is C8H23N5O2. The van der Waals surface area contributed by atoms with Crippen LogP contribution in [0.2, 0.25) is 0 Å². The molecule has 0 bridgehead atoms. The van der Waals surface area contributed by atoms with Gasteiger partial charge >= 0.3 is 5.97 Å². The maximum Gasteiger partial charge on any atom is 0.317 e. The van der Waals surface area contributed by atoms with Gasteiger partial charge in [-0.2, -0.15) is 0 Å². The van der Waals surface area contributed by atoms with Crippen molar-refractivity contribution in [1.82, 2.24) is 10.6 Å². The van der Waals surface area contributed by atoms with Gasteiger partial charge in [0.2, 0.25) is 0 Å². The fourth-order valence-electron chi connectivity index (χ4n) is 0.631. The quantitative estimate of drug-likeness (QED) is 0.242. The van der Waals surface area contributed by atoms with Crippen LogP contribution in [0.15, 0.2) is 0 Å². The second-order valence-electron chi connectivity index (χ2n) is 2.68. The van der Waals surface area contributed by atoms with E-state index in [2.05, 4.69) is 16.4 Å². The Morgan fingerprint density at radius 3 is 1.47 bits per heavy atom. The van der Waals surface area contributed by atoms with Crippen LogP contribution in [0.3, 0.4) is 0 Å². The number of carbonyl (C=O) groups is 1. The standard InChI is InChI=1S/C6H18N4.C2H5NO2/c7-1-3-9-5-6-10-4-2-8;3-1-2(4)5/h9-10H,1-8H2;1,3H2,(H,4,5). The van der Waals surface area contributed by atoms with Crippen molar-refractivity contribution in [2.75, 3.05) is 45.8 Å². The van der Waals surface area contributed by atoms with Gasteiger partial charge in [0.1, 0.15) is 0 Å². The van der Waals surface area contributed by atoms with E-state index < -0.39 is 5.97 Å². The first-order valence-corrected chi connectivity index (χ1v) is 4.92. The van der Waals surface area contributed by atoms with E-state index in [-0.39, 0.29) is 6.54 Å². The van der Waals surface area contributed by atoms with Crippen molar-refractivity contribution in [2.24, 2.45) is 17.2 Å². The average molecular weight is 221 g/mol. The molecule has 0 heterocycles. The highest BCUT2D eigenvalue weighted by Gasteiger charge is 1.83. The van der Waals surface area contributed by atoms with Gasteiger partial charge < -0.3 is 32.9 Å². The largest absolute Gasteiger partial charge is 0.480 e. The second-order valence-corrected chi connectivity index (χ2v) is 2.68. The van der Waals surface area contributed by atoms with Crippen LogP contribution in [-0.2, 0) is 4.79 Å². The fraction of sp³-hybridized carbons (Fsp3) is 0.875. The molecule has 0 fully saturated rings. The molecule has 0 aromatic carbocycles. The summed E-state index contributed by atoms with van der Waals surface area (Å²) < 4.78 is 0. The molecule has 0 aliphatic rings. The molecule has 0 unspecified atom stereocenters. The third kappa shape index (κ3) is 24.6. The zero-order valence-electron chi connectivity index (χ0n) is 9.04. The Bertz CT molecular complexity index is 126. The normalized spacial score (nSPS) is 9.27. The van der Waals surface area contributed by atoms with E-state index in [0.29, 0.717) is 13.1 Å². The van der Waals surface area contributed by atoms with Crippen LogP contribution in [0.1, 0.15) is 0 Å². The molecule has 0 atom stereocenters. The third-order valence-corrected chi connectivity index (χ3v) is 1.30. The summed E-state index contributed by atoms with van der Waals surface area (Å²) in [6.07, 6.45) is 0. The lowest BCUT2D eigenvalue weighted by Crippen LogP contribution is -2.32. The van der Waals surface area contributed by atoms with Crippen molar-refractivity contribution in [2.45, 2.75) is 0 Å². The average Bonchev–Trinajstić information content (AvgIpc) is 2.24. The van der Waals surface area contributed by atoms with E-state index in [1.54, 1.807) is 0 Å². The number of rotatable bonds is 8. The van der Waals surface area contributed by atoms with Gasteiger partial charge in [0.15, 0.2) is 0 Å². The zero-order chi connectivity index (χ0) is 11.9. The SMILES string of the molecule is NCC(=O)O.NCCNCCNCCN. The summed E-state index contributed by atoms with van der Waals surface area (Å²) in [7, 11) is 0. The highest BCUT2D eigenvalue weighted by Crippen LogP contribution is 1.57.